The molecule has 218 valence electrons. The summed E-state index contributed by atoms with van der Waals surface area (Å²) < 4.78 is 12.0. The molecule has 0 spiro atoms. The third-order valence-corrected chi connectivity index (χ3v) is 7.82. The van der Waals surface area contributed by atoms with Gasteiger partial charge in [0.1, 0.15) is 5.56 Å². The molecule has 2 aromatic heterocycles. The molecule has 1 aliphatic rings. The summed E-state index contributed by atoms with van der Waals surface area (Å²) in [7, 11) is 3.06. The Morgan fingerprint density at radius 2 is 1.90 bits per heavy atom. The van der Waals surface area contributed by atoms with Gasteiger partial charge in [-0.05, 0) is 42.7 Å². The van der Waals surface area contributed by atoms with Gasteiger partial charge in [0.15, 0.2) is 0 Å². The number of nitrogens with one attached hydrogen (secondary N) is 2. The number of hydrogen-bond donors (Lipinski definition) is 3. The Morgan fingerprint density at radius 3 is 2.69 bits per heavy atom. The van der Waals surface area contributed by atoms with Crippen LogP contribution in [-0.4, -0.2) is 58.2 Å². The number of hydrogen-bond acceptors (Lipinski definition) is 8. The molecule has 11 heteroatoms. The molecule has 2 atom stereocenters. The fraction of sp³-hybridized carbons (Fsp3) is 0.290. The first kappa shape index (κ1) is 29.4. The predicted octanol–water partition coefficient (Wildman–Crippen LogP) is 3.97. The van der Waals surface area contributed by atoms with Crippen LogP contribution in [0.25, 0.3) is 22.4 Å². The fourth-order valence-corrected chi connectivity index (χ4v) is 5.33. The number of nitrogens with zero attached hydrogens (tertiary/aromatic N) is 3. The summed E-state index contributed by atoms with van der Waals surface area (Å²) >= 11 is 6.98. The van der Waals surface area contributed by atoms with E-state index in [2.05, 4.69) is 15.7 Å². The minimum Gasteiger partial charge on any atom is -0.481 e. The lowest BCUT2D eigenvalue weighted by atomic mass is 9.96. The van der Waals surface area contributed by atoms with Crippen LogP contribution >= 0.6 is 11.6 Å². The van der Waals surface area contributed by atoms with Gasteiger partial charge in [0.2, 0.25) is 5.88 Å². The Hall–Kier alpha value is -4.09. The largest absolute Gasteiger partial charge is 0.481 e. The lowest BCUT2D eigenvalue weighted by molar-refractivity contribution is -0.0281. The first-order chi connectivity index (χ1) is 20.3. The number of amides is 1. The van der Waals surface area contributed by atoms with E-state index in [1.165, 1.54) is 19.3 Å². The molecular formula is C31H32ClN5O5. The minimum absolute atomic E-state index is 0.0000580. The lowest BCUT2D eigenvalue weighted by Gasteiger charge is -2.28. The van der Waals surface area contributed by atoms with Crippen molar-refractivity contribution in [3.05, 3.63) is 92.9 Å². The summed E-state index contributed by atoms with van der Waals surface area (Å²) in [6.07, 6.45) is 1.58. The number of methoxy groups -OCH3 is 1. The Bertz CT molecular complexity index is 1670. The summed E-state index contributed by atoms with van der Waals surface area (Å²) in [4.78, 5) is 30.0. The number of pyridine rings is 1. The van der Waals surface area contributed by atoms with Crippen LogP contribution in [0, 0.1) is 6.92 Å². The highest BCUT2D eigenvalue weighted by Gasteiger charge is 2.24. The van der Waals surface area contributed by atoms with Crippen molar-refractivity contribution >= 4 is 23.2 Å². The van der Waals surface area contributed by atoms with E-state index in [4.69, 9.17) is 26.1 Å². The maximum absolute atomic E-state index is 12.9. The number of halogens is 1. The van der Waals surface area contributed by atoms with Crippen molar-refractivity contribution < 1.29 is 19.4 Å². The van der Waals surface area contributed by atoms with Crippen LogP contribution in [0.2, 0.25) is 5.02 Å². The summed E-state index contributed by atoms with van der Waals surface area (Å²) in [5.74, 6) is -0.0542. The van der Waals surface area contributed by atoms with Crippen molar-refractivity contribution in [3.63, 3.8) is 0 Å². The Balaban J connectivity index is 1.41. The molecule has 0 saturated carbocycles. The van der Waals surface area contributed by atoms with E-state index >= 15 is 0 Å². The molecule has 5 rings (SSSR count). The zero-order chi connectivity index (χ0) is 29.8. The highest BCUT2D eigenvalue weighted by Crippen LogP contribution is 2.39. The van der Waals surface area contributed by atoms with Crippen molar-refractivity contribution in [2.45, 2.75) is 32.0 Å². The van der Waals surface area contributed by atoms with E-state index < -0.39 is 17.6 Å². The molecule has 2 aromatic carbocycles. The van der Waals surface area contributed by atoms with Gasteiger partial charge >= 0.3 is 0 Å². The molecule has 1 amide bonds. The van der Waals surface area contributed by atoms with Crippen molar-refractivity contribution in [2.24, 2.45) is 7.05 Å². The van der Waals surface area contributed by atoms with E-state index in [1.807, 2.05) is 49.4 Å². The van der Waals surface area contributed by atoms with Crippen molar-refractivity contribution in [2.75, 3.05) is 25.6 Å². The molecular weight excluding hydrogens is 558 g/mol. The number of carbonyl (C=O) groups excluding carboxylic acids is 1. The average Bonchev–Trinajstić information content (AvgIpc) is 2.99. The maximum Gasteiger partial charge on any atom is 0.279 e. The van der Waals surface area contributed by atoms with Crippen LogP contribution in [0.3, 0.4) is 0 Å². The second-order valence-corrected chi connectivity index (χ2v) is 10.4. The van der Waals surface area contributed by atoms with E-state index in [1.54, 1.807) is 13.2 Å². The minimum atomic E-state index is -0.559. The van der Waals surface area contributed by atoms with Crippen molar-refractivity contribution in [1.29, 1.82) is 0 Å². The van der Waals surface area contributed by atoms with Gasteiger partial charge in [0.05, 0.1) is 30.5 Å². The Kier molecular flexibility index (Phi) is 8.98. The first-order valence-corrected chi connectivity index (χ1v) is 13.9. The Morgan fingerprint density at radius 1 is 1.14 bits per heavy atom. The number of anilines is 1. The van der Waals surface area contributed by atoms with Gasteiger partial charge in [-0.2, -0.15) is 5.10 Å². The SMILES string of the molecule is COc1nc(-c2cccc(-c3cccc(NC(=O)c4ccnn(C)c4=O)c3C)c2Cl)ccc1CNC1CCOC[C@@H]1O. The van der Waals surface area contributed by atoms with E-state index in [0.29, 0.717) is 42.0 Å². The Labute approximate surface area is 248 Å². The van der Waals surface area contributed by atoms with Crippen molar-refractivity contribution in [3.8, 4) is 28.3 Å². The number of aromatic nitrogens is 3. The second-order valence-electron chi connectivity index (χ2n) is 10.1. The maximum atomic E-state index is 12.9. The van der Waals surface area contributed by atoms with Crippen LogP contribution < -0.4 is 20.9 Å². The highest BCUT2D eigenvalue weighted by atomic mass is 35.5. The fourth-order valence-electron chi connectivity index (χ4n) is 5.00. The van der Waals surface area contributed by atoms with Crippen LogP contribution in [0.15, 0.2) is 65.6 Å². The molecule has 42 heavy (non-hydrogen) atoms. The molecule has 0 radical (unpaired) electrons. The summed E-state index contributed by atoms with van der Waals surface area (Å²) in [6, 6.07) is 16.4. The average molecular weight is 590 g/mol. The topological polar surface area (TPSA) is 128 Å². The number of rotatable bonds is 8. The third-order valence-electron chi connectivity index (χ3n) is 7.41. The normalized spacial score (nSPS) is 16.7. The molecule has 1 aliphatic heterocycles. The smallest absolute Gasteiger partial charge is 0.279 e. The molecule has 0 aliphatic carbocycles. The van der Waals surface area contributed by atoms with Gasteiger partial charge in [0.25, 0.3) is 11.5 Å². The first-order valence-electron chi connectivity index (χ1n) is 13.5. The molecule has 1 fully saturated rings. The number of aryl methyl sites for hydroxylation is 1. The number of benzene rings is 2. The van der Waals surface area contributed by atoms with Gasteiger partial charge in [-0.25, -0.2) is 9.67 Å². The van der Waals surface area contributed by atoms with Crippen molar-refractivity contribution in [1.82, 2.24) is 20.1 Å². The summed E-state index contributed by atoms with van der Waals surface area (Å²) in [6.45, 7) is 3.30. The van der Waals surface area contributed by atoms with E-state index in [0.717, 1.165) is 38.9 Å². The second kappa shape index (κ2) is 12.8. The number of ether oxygens (including phenoxy) is 2. The van der Waals surface area contributed by atoms with Gasteiger partial charge in [-0.3, -0.25) is 9.59 Å². The molecule has 3 N–H and O–H groups in total. The number of aliphatic hydroxyl groups is 1. The van der Waals surface area contributed by atoms with Crippen LogP contribution in [0.1, 0.15) is 27.9 Å². The number of aliphatic hydroxyl groups excluding tert-OH is 1. The van der Waals surface area contributed by atoms with Crippen LogP contribution in [0.4, 0.5) is 5.69 Å². The van der Waals surface area contributed by atoms with E-state index in [-0.39, 0.29) is 11.6 Å². The quantitative estimate of drug-likeness (QED) is 0.282. The molecule has 1 saturated heterocycles. The monoisotopic (exact) mass is 589 g/mol. The predicted molar refractivity (Wildman–Crippen MR) is 161 cm³/mol. The lowest BCUT2D eigenvalue weighted by Crippen LogP contribution is -2.46. The molecule has 4 aromatic rings. The third kappa shape index (κ3) is 6.07. The zero-order valence-corrected chi connectivity index (χ0v) is 24.3. The molecule has 3 heterocycles. The molecule has 1 unspecified atom stereocenters. The number of carbonyl (C=O) groups is 1. The molecule has 10 nitrogen and oxygen atoms in total. The van der Waals surface area contributed by atoms with Crippen LogP contribution in [-0.2, 0) is 18.3 Å². The van der Waals surface area contributed by atoms with Gasteiger partial charge in [-0.1, -0.05) is 48.0 Å². The van der Waals surface area contributed by atoms with Gasteiger partial charge in [-0.15, -0.1) is 0 Å². The van der Waals surface area contributed by atoms with Gasteiger partial charge < -0.3 is 25.2 Å². The molecule has 0 bridgehead atoms. The van der Waals surface area contributed by atoms with E-state index in [9.17, 15) is 14.7 Å². The highest BCUT2D eigenvalue weighted by molar-refractivity contribution is 6.36. The summed E-state index contributed by atoms with van der Waals surface area (Å²) in [5, 5.41) is 20.8. The standard InChI is InChI=1S/C31H32ClN5O5/c1-18-20(6-5-9-24(18)35-29(39)23-12-14-34-37(2)31(23)40)21-7-4-8-22(28(21)32)25-11-10-19(30(36-25)41-3)16-33-26-13-15-42-17-27(26)38/h4-12,14,26-27,33,38H,13,15-17H2,1-3H3,(H,35,39)/t26?,27-/m0/s1. The zero-order valence-electron chi connectivity index (χ0n) is 23.6. The van der Waals surface area contributed by atoms with Crippen LogP contribution in [0.5, 0.6) is 5.88 Å². The summed E-state index contributed by atoms with van der Waals surface area (Å²) in [5.41, 5.74) is 4.68. The van der Waals surface area contributed by atoms with Gasteiger partial charge in [0, 0.05) is 54.8 Å².